The summed E-state index contributed by atoms with van der Waals surface area (Å²) in [6, 6.07) is 0. The molecule has 0 spiro atoms. The molecule has 0 aromatic rings. The predicted molar refractivity (Wildman–Crippen MR) is 132 cm³/mol. The quantitative estimate of drug-likeness (QED) is 0.213. The van der Waals surface area contributed by atoms with Crippen LogP contribution in [0.15, 0.2) is 0 Å². The molecule has 0 saturated heterocycles. The van der Waals surface area contributed by atoms with E-state index in [4.69, 9.17) is 18.8 Å². The van der Waals surface area contributed by atoms with Gasteiger partial charge in [0.25, 0.3) is 0 Å². The fourth-order valence-electron chi connectivity index (χ4n) is 2.77. The van der Waals surface area contributed by atoms with Crippen LogP contribution in [0, 0.1) is 11.3 Å². The molecule has 32 heavy (non-hydrogen) atoms. The van der Waals surface area contributed by atoms with Crippen LogP contribution in [0.1, 0.15) is 82.1 Å². The molecule has 0 bridgehead atoms. The molecule has 0 aromatic heterocycles. The molecule has 3 N–H and O–H groups in total. The van der Waals surface area contributed by atoms with E-state index in [2.05, 4.69) is 74.6 Å². The molecule has 0 radical (unpaired) electrons. The largest absolute Gasteiger partial charge is 0.389 e. The van der Waals surface area contributed by atoms with Gasteiger partial charge in [-0.1, -0.05) is 20.8 Å². The van der Waals surface area contributed by atoms with E-state index in [1.165, 1.54) is 0 Å². The zero-order valence-corrected chi connectivity index (χ0v) is 23.1. The van der Waals surface area contributed by atoms with Crippen molar-refractivity contribution in [2.24, 2.45) is 11.3 Å². The van der Waals surface area contributed by atoms with Crippen LogP contribution in [0.5, 0.6) is 0 Å². The zero-order chi connectivity index (χ0) is 25.2. The number of rotatable bonds is 17. The summed E-state index contributed by atoms with van der Waals surface area (Å²) in [5.74, 6) is 0.409. The fraction of sp³-hybridized carbons (Fsp3) is 1.00. The average molecular weight is 482 g/mol. The van der Waals surface area contributed by atoms with Crippen molar-refractivity contribution in [2.45, 2.75) is 105 Å². The Kier molecular flexibility index (Phi) is 13.7. The summed E-state index contributed by atoms with van der Waals surface area (Å²) in [4.78, 5) is 0. The van der Waals surface area contributed by atoms with Crippen LogP contribution in [0.4, 0.5) is 0 Å². The van der Waals surface area contributed by atoms with Crippen molar-refractivity contribution in [1.29, 1.82) is 0 Å². The Balaban J connectivity index is 4.46. The Bertz CT molecular complexity index is 545. The highest BCUT2D eigenvalue weighted by atomic mass is 32.2. The Morgan fingerprint density at radius 2 is 1.53 bits per heavy atom. The summed E-state index contributed by atoms with van der Waals surface area (Å²) >= 11 is -1.79. The van der Waals surface area contributed by atoms with E-state index in [-0.39, 0.29) is 40.4 Å². The molecule has 0 fully saturated rings. The number of ether oxygens (including phenoxy) is 3. The average Bonchev–Trinajstić information content (AvgIpc) is 2.62. The normalized spacial score (nSPS) is 16.8. The Morgan fingerprint density at radius 1 is 0.938 bits per heavy atom. The molecular weight excluding hydrogens is 430 g/mol. The summed E-state index contributed by atoms with van der Waals surface area (Å²) in [5.41, 5.74) is -0.735. The van der Waals surface area contributed by atoms with Gasteiger partial charge in [-0.2, -0.15) is 0 Å². The molecule has 7 nitrogen and oxygen atoms in total. The highest BCUT2D eigenvalue weighted by molar-refractivity contribution is 7.79. The van der Waals surface area contributed by atoms with Gasteiger partial charge in [-0.3, -0.25) is 0 Å². The third kappa shape index (κ3) is 13.6. The lowest BCUT2D eigenvalue weighted by atomic mass is 9.74. The lowest BCUT2D eigenvalue weighted by Crippen LogP contribution is -2.51. The maximum Gasteiger partial charge on any atom is 0.152 e. The Morgan fingerprint density at radius 3 is 2.06 bits per heavy atom. The number of hydrogen-bond donors (Lipinski definition) is 3. The first-order valence-corrected chi connectivity index (χ1v) is 13.0. The van der Waals surface area contributed by atoms with Gasteiger partial charge in [0.05, 0.1) is 36.3 Å². The smallest absolute Gasteiger partial charge is 0.152 e. The van der Waals surface area contributed by atoms with Crippen molar-refractivity contribution in [3.8, 4) is 0 Å². The molecular formula is C24H51NO6S. The van der Waals surface area contributed by atoms with E-state index in [0.717, 1.165) is 6.42 Å². The van der Waals surface area contributed by atoms with Gasteiger partial charge >= 0.3 is 0 Å². The maximum absolute atomic E-state index is 10.6. The molecule has 0 saturated carbocycles. The minimum Gasteiger partial charge on any atom is -0.389 e. The van der Waals surface area contributed by atoms with Gasteiger partial charge in [-0.15, -0.1) is 0 Å². The van der Waals surface area contributed by atoms with Gasteiger partial charge in [-0.05, 0) is 72.6 Å². The van der Waals surface area contributed by atoms with E-state index in [0.29, 0.717) is 32.8 Å². The monoisotopic (exact) mass is 481 g/mol. The molecule has 0 aromatic carbocycles. The van der Waals surface area contributed by atoms with Gasteiger partial charge in [0.15, 0.2) is 11.1 Å². The van der Waals surface area contributed by atoms with Crippen molar-refractivity contribution < 1.29 is 28.1 Å². The van der Waals surface area contributed by atoms with E-state index in [1.54, 1.807) is 0 Å². The maximum atomic E-state index is 10.6. The van der Waals surface area contributed by atoms with Crippen molar-refractivity contribution in [3.63, 3.8) is 0 Å². The van der Waals surface area contributed by atoms with E-state index < -0.39 is 17.2 Å². The molecule has 0 amide bonds. The first-order valence-electron chi connectivity index (χ1n) is 11.8. The summed E-state index contributed by atoms with van der Waals surface area (Å²) in [6.07, 6.45) is 0.769. The highest BCUT2D eigenvalue weighted by Crippen LogP contribution is 2.38. The number of aliphatic hydroxyl groups excluding tert-OH is 1. The first kappa shape index (κ1) is 31.9. The van der Waals surface area contributed by atoms with Crippen LogP contribution < -0.4 is 5.32 Å². The second kappa shape index (κ2) is 13.7. The second-order valence-electron chi connectivity index (χ2n) is 11.5. The SMILES string of the molecule is CC(COC(C)(C)C(C)(C)CCOC(C)(C)C)C(C)(C)NCC(O)COCCCS(=O)O. The fourth-order valence-corrected chi connectivity index (χ4v) is 3.13. The van der Waals surface area contributed by atoms with Crippen LogP contribution in [0.3, 0.4) is 0 Å². The lowest BCUT2D eigenvalue weighted by molar-refractivity contribution is -0.127. The number of nitrogens with one attached hydrogen (secondary N) is 1. The molecule has 0 aliphatic rings. The highest BCUT2D eigenvalue weighted by Gasteiger charge is 2.39. The van der Waals surface area contributed by atoms with E-state index >= 15 is 0 Å². The van der Waals surface area contributed by atoms with Crippen LogP contribution in [0.25, 0.3) is 0 Å². The predicted octanol–water partition coefficient (Wildman–Crippen LogP) is 4.01. The van der Waals surface area contributed by atoms with Gasteiger partial charge in [0, 0.05) is 25.3 Å². The number of aliphatic hydroxyl groups is 1. The van der Waals surface area contributed by atoms with Crippen molar-refractivity contribution >= 4 is 11.1 Å². The van der Waals surface area contributed by atoms with Crippen LogP contribution >= 0.6 is 0 Å². The summed E-state index contributed by atoms with van der Waals surface area (Å²) in [7, 11) is 0. The molecule has 3 unspecified atom stereocenters. The minimum absolute atomic E-state index is 0.0499. The van der Waals surface area contributed by atoms with Crippen LogP contribution in [-0.2, 0) is 25.3 Å². The zero-order valence-electron chi connectivity index (χ0n) is 22.2. The number of β-amino-alcohol motifs (C(OH)–C–C–N with tert-alkyl or cyclic N) is 1. The third-order valence-corrected chi connectivity index (χ3v) is 7.17. The summed E-state index contributed by atoms with van der Waals surface area (Å²) in [6.45, 7) is 23.6. The summed E-state index contributed by atoms with van der Waals surface area (Å²) in [5, 5.41) is 13.6. The molecule has 0 aliphatic carbocycles. The summed E-state index contributed by atoms with van der Waals surface area (Å²) < 4.78 is 37.1. The molecule has 194 valence electrons. The number of hydrogen-bond acceptors (Lipinski definition) is 6. The van der Waals surface area contributed by atoms with Crippen molar-refractivity contribution in [3.05, 3.63) is 0 Å². The van der Waals surface area contributed by atoms with E-state index in [1.807, 2.05) is 0 Å². The standard InChI is InChI=1S/C24H51NO6S/c1-19(17-31-24(9,10)22(5,6)12-14-30-21(2,3)4)23(7,8)25-16-20(26)18-29-13-11-15-32(27)28/h19-20,25-26H,11-18H2,1-10H3,(H,27,28). The van der Waals surface area contributed by atoms with Crippen molar-refractivity contribution in [2.75, 3.05) is 38.7 Å². The first-order chi connectivity index (χ1) is 14.4. The molecule has 0 heterocycles. The van der Waals surface area contributed by atoms with Gasteiger partial charge in [0.1, 0.15) is 0 Å². The lowest BCUT2D eigenvalue weighted by Gasteiger charge is -2.44. The molecule has 0 rings (SSSR count). The van der Waals surface area contributed by atoms with Gasteiger partial charge < -0.3 is 29.2 Å². The van der Waals surface area contributed by atoms with Gasteiger partial charge in [0.2, 0.25) is 0 Å². The third-order valence-electron chi connectivity index (χ3n) is 6.53. The minimum atomic E-state index is -1.79. The molecule has 8 heteroatoms. The second-order valence-corrected chi connectivity index (χ2v) is 12.6. The topological polar surface area (TPSA) is 97.3 Å². The Hall–Kier alpha value is -0.0900. The van der Waals surface area contributed by atoms with Crippen LogP contribution in [0.2, 0.25) is 0 Å². The van der Waals surface area contributed by atoms with Gasteiger partial charge in [-0.25, -0.2) is 4.21 Å². The van der Waals surface area contributed by atoms with Crippen LogP contribution in [-0.4, -0.2) is 75.4 Å². The van der Waals surface area contributed by atoms with Crippen molar-refractivity contribution in [1.82, 2.24) is 5.32 Å². The Labute approximate surface area is 199 Å². The molecule has 0 aliphatic heterocycles. The molecule has 3 atom stereocenters. The van der Waals surface area contributed by atoms with E-state index in [9.17, 15) is 9.32 Å².